The normalized spacial score (nSPS) is 13.1. The van der Waals surface area contributed by atoms with E-state index >= 15 is 0 Å². The molecule has 4 heteroatoms. The molecule has 0 spiro atoms. The zero-order valence-electron chi connectivity index (χ0n) is 7.65. The molecule has 0 amide bonds. The van der Waals surface area contributed by atoms with Crippen LogP contribution in [0.4, 0.5) is 0 Å². The molecule has 0 rings (SSSR count). The summed E-state index contributed by atoms with van der Waals surface area (Å²) < 4.78 is 4.84. The van der Waals surface area contributed by atoms with Crippen molar-refractivity contribution in [2.24, 2.45) is 0 Å². The Labute approximate surface area is 76.5 Å². The Balaban J connectivity index is -0.0000000600. The van der Waals surface area contributed by atoms with Crippen molar-refractivity contribution in [3.8, 4) is 0 Å². The fourth-order valence-corrected chi connectivity index (χ4v) is 0.816. The van der Waals surface area contributed by atoms with Gasteiger partial charge in [0.05, 0.1) is 8.80 Å². The van der Waals surface area contributed by atoms with E-state index in [1.165, 1.54) is 0 Å². The van der Waals surface area contributed by atoms with Crippen LogP contribution in [0.1, 0.15) is 2.85 Å². The van der Waals surface area contributed by atoms with Gasteiger partial charge in [0, 0.05) is 7.11 Å². The molecule has 0 aromatic heterocycles. The first kappa shape index (κ1) is 12.0. The zero-order chi connectivity index (χ0) is 5.86. The first-order chi connectivity index (χ1) is 3.18. The van der Waals surface area contributed by atoms with Crippen molar-refractivity contribution in [2.75, 3.05) is 7.11 Å². The fraction of sp³-hybridized carbons (Fsp3) is 1.00. The van der Waals surface area contributed by atoms with Gasteiger partial charge in [-0.05, 0) is 0 Å². The second kappa shape index (κ2) is 6.35. The standard InChI is InChI=1S/C4H11ClOSi.Mg.2H/c1-6-4(5)7(2)3;;;/h4,7H,1-3H3;;;/q;+2;2*-1. The molecule has 1 nitrogen and oxygen atoms in total. The number of hydrogen-bond donors (Lipinski definition) is 0. The SMILES string of the molecule is COC(Cl)[SiH](C)C.[H-].[H-].[Mg+2]. The number of rotatable bonds is 2. The predicted molar refractivity (Wildman–Crippen MR) is 43.5 cm³/mol. The predicted octanol–water partition coefficient (Wildman–Crippen LogP) is 1.07. The van der Waals surface area contributed by atoms with E-state index < -0.39 is 8.80 Å². The van der Waals surface area contributed by atoms with Crippen LogP contribution in [0.2, 0.25) is 13.1 Å². The Morgan fingerprint density at radius 1 is 1.62 bits per heavy atom. The van der Waals surface area contributed by atoms with Crippen LogP contribution >= 0.6 is 11.6 Å². The largest absolute Gasteiger partial charge is 2.00 e. The van der Waals surface area contributed by atoms with Crippen LogP contribution in [0, 0.1) is 0 Å². The van der Waals surface area contributed by atoms with E-state index in [4.69, 9.17) is 16.3 Å². The van der Waals surface area contributed by atoms with Crippen LogP contribution in [0.5, 0.6) is 0 Å². The van der Waals surface area contributed by atoms with Gasteiger partial charge in [-0.15, -0.1) is 0 Å². The monoisotopic (exact) mass is 164 g/mol. The van der Waals surface area contributed by atoms with Gasteiger partial charge in [0.25, 0.3) is 0 Å². The molecule has 0 aliphatic heterocycles. The average Bonchev–Trinajstić information content (AvgIpc) is 1.65. The molecule has 0 N–H and O–H groups in total. The van der Waals surface area contributed by atoms with Gasteiger partial charge in [-0.2, -0.15) is 0 Å². The summed E-state index contributed by atoms with van der Waals surface area (Å²) in [5.74, 6) is 0. The number of halogens is 1. The van der Waals surface area contributed by atoms with Crippen molar-refractivity contribution < 1.29 is 7.59 Å². The molecule has 0 saturated carbocycles. The van der Waals surface area contributed by atoms with Gasteiger partial charge in [-0.25, -0.2) is 0 Å². The van der Waals surface area contributed by atoms with Crippen LogP contribution in [0.25, 0.3) is 0 Å². The summed E-state index contributed by atoms with van der Waals surface area (Å²) in [4.78, 5) is 0. The third-order valence-corrected chi connectivity index (χ3v) is 3.76. The van der Waals surface area contributed by atoms with Crippen molar-refractivity contribution in [3.63, 3.8) is 0 Å². The Bertz CT molecular complexity index is 60.5. The minimum absolute atomic E-state index is 0. The van der Waals surface area contributed by atoms with Gasteiger partial charge in [0.1, 0.15) is 5.19 Å². The second-order valence-corrected chi connectivity index (χ2v) is 5.78. The van der Waals surface area contributed by atoms with Crippen LogP contribution in [-0.4, -0.2) is 44.1 Å². The zero-order valence-corrected chi connectivity index (χ0v) is 8.97. The summed E-state index contributed by atoms with van der Waals surface area (Å²) in [7, 11) is 0.922. The Morgan fingerprint density at radius 3 is 2.00 bits per heavy atom. The molecule has 0 fully saturated rings. The molecule has 8 heavy (non-hydrogen) atoms. The molecule has 48 valence electrons. The first-order valence-electron chi connectivity index (χ1n) is 2.35. The average molecular weight is 165 g/mol. The fourth-order valence-electron chi connectivity index (χ4n) is 0.272. The van der Waals surface area contributed by atoms with E-state index in [0.29, 0.717) is 0 Å². The minimum atomic E-state index is -0.721. The summed E-state index contributed by atoms with van der Waals surface area (Å²) in [6, 6.07) is 0. The molecule has 1 atom stereocenters. The van der Waals surface area contributed by atoms with E-state index in [-0.39, 0.29) is 31.1 Å². The quantitative estimate of drug-likeness (QED) is 0.439. The number of hydrogen-bond acceptors (Lipinski definition) is 1. The van der Waals surface area contributed by atoms with E-state index in [1.54, 1.807) is 7.11 Å². The summed E-state index contributed by atoms with van der Waals surface area (Å²) in [6.45, 7) is 4.31. The smallest absolute Gasteiger partial charge is 1.00 e. The van der Waals surface area contributed by atoms with Gasteiger partial charge < -0.3 is 7.59 Å². The number of alkyl halides is 1. The van der Waals surface area contributed by atoms with Gasteiger partial charge in [-0.3, -0.25) is 0 Å². The molecule has 0 aliphatic rings. The second-order valence-electron chi connectivity index (χ2n) is 1.83. The molecule has 0 aromatic carbocycles. The molecule has 0 saturated heterocycles. The summed E-state index contributed by atoms with van der Waals surface area (Å²) >= 11 is 5.64. The minimum Gasteiger partial charge on any atom is -1.00 e. The Hall–Kier alpha value is 1.23. The summed E-state index contributed by atoms with van der Waals surface area (Å²) in [5.41, 5.74) is 0. The third kappa shape index (κ3) is 5.37. The van der Waals surface area contributed by atoms with Crippen LogP contribution in [-0.2, 0) is 4.74 Å². The number of ether oxygens (including phenoxy) is 1. The molecule has 0 aromatic rings. The maximum absolute atomic E-state index is 5.64. The maximum atomic E-state index is 5.64. The van der Waals surface area contributed by atoms with Crippen LogP contribution in [0.15, 0.2) is 0 Å². The number of methoxy groups -OCH3 is 1. The summed E-state index contributed by atoms with van der Waals surface area (Å²) in [5, 5.41) is 0.0139. The van der Waals surface area contributed by atoms with Crippen LogP contribution < -0.4 is 0 Å². The molecule has 0 bridgehead atoms. The van der Waals surface area contributed by atoms with Crippen LogP contribution in [0.3, 0.4) is 0 Å². The summed E-state index contributed by atoms with van der Waals surface area (Å²) in [6.07, 6.45) is 0. The maximum Gasteiger partial charge on any atom is 2.00 e. The van der Waals surface area contributed by atoms with E-state index in [1.807, 2.05) is 0 Å². The van der Waals surface area contributed by atoms with E-state index in [9.17, 15) is 0 Å². The van der Waals surface area contributed by atoms with Gasteiger partial charge in [0.2, 0.25) is 0 Å². The molecular weight excluding hydrogens is 152 g/mol. The molecular formula is C4H13ClMgOSi. The van der Waals surface area contributed by atoms with Crippen molar-refractivity contribution >= 4 is 43.5 Å². The van der Waals surface area contributed by atoms with Crippen molar-refractivity contribution in [3.05, 3.63) is 0 Å². The van der Waals surface area contributed by atoms with Crippen molar-refractivity contribution in [1.29, 1.82) is 0 Å². The van der Waals surface area contributed by atoms with Crippen molar-refractivity contribution in [2.45, 2.75) is 18.3 Å². The molecule has 0 heterocycles. The van der Waals surface area contributed by atoms with Gasteiger partial charge >= 0.3 is 23.1 Å². The van der Waals surface area contributed by atoms with Crippen molar-refractivity contribution in [1.82, 2.24) is 0 Å². The molecule has 0 aliphatic carbocycles. The van der Waals surface area contributed by atoms with E-state index in [2.05, 4.69) is 13.1 Å². The van der Waals surface area contributed by atoms with E-state index in [0.717, 1.165) is 0 Å². The third-order valence-electron chi connectivity index (χ3n) is 0.749. The first-order valence-corrected chi connectivity index (χ1v) is 5.76. The topological polar surface area (TPSA) is 9.23 Å². The van der Waals surface area contributed by atoms with Gasteiger partial charge in [0.15, 0.2) is 0 Å². The Morgan fingerprint density at radius 2 is 2.00 bits per heavy atom. The molecule has 1 unspecified atom stereocenters. The Kier molecular flexibility index (Phi) is 9.50. The van der Waals surface area contributed by atoms with Gasteiger partial charge in [-0.1, -0.05) is 24.7 Å². The molecule has 0 radical (unpaired) electrons.